The van der Waals surface area contributed by atoms with Crippen molar-refractivity contribution in [3.05, 3.63) is 23.9 Å². The van der Waals surface area contributed by atoms with Crippen LogP contribution < -0.4 is 4.74 Å². The van der Waals surface area contributed by atoms with Crippen molar-refractivity contribution in [3.8, 4) is 5.88 Å². The van der Waals surface area contributed by atoms with Gasteiger partial charge in [-0.05, 0) is 31.1 Å². The van der Waals surface area contributed by atoms with Crippen LogP contribution in [0.4, 0.5) is 0 Å². The van der Waals surface area contributed by atoms with E-state index in [1.165, 1.54) is 0 Å². The zero-order valence-corrected chi connectivity index (χ0v) is 15.1. The van der Waals surface area contributed by atoms with E-state index in [0.29, 0.717) is 11.4 Å². The molecular formula is C18H28N2O2S. The maximum Gasteiger partial charge on any atom is 0.255 e. The molecule has 0 saturated carbocycles. The lowest BCUT2D eigenvalue weighted by atomic mass is 10.2. The van der Waals surface area contributed by atoms with E-state index in [1.807, 2.05) is 28.8 Å². The number of carbonyl (C=O) groups is 1. The minimum absolute atomic E-state index is 0.0855. The maximum atomic E-state index is 12.7. The molecule has 1 aromatic heterocycles. The Morgan fingerprint density at radius 2 is 2.04 bits per heavy atom. The number of hydrogen-bond acceptors (Lipinski definition) is 4. The summed E-state index contributed by atoms with van der Waals surface area (Å²) < 4.78 is 5.84. The zero-order chi connectivity index (χ0) is 16.5. The lowest BCUT2D eigenvalue weighted by molar-refractivity contribution is 0.0750. The van der Waals surface area contributed by atoms with Gasteiger partial charge in [-0.2, -0.15) is 11.8 Å². The van der Waals surface area contributed by atoms with E-state index < -0.39 is 0 Å². The molecule has 0 N–H and O–H groups in total. The molecule has 4 nitrogen and oxygen atoms in total. The number of ether oxygens (including phenoxy) is 1. The molecule has 2 rings (SSSR count). The highest BCUT2D eigenvalue weighted by Crippen LogP contribution is 2.22. The number of rotatable bonds is 9. The van der Waals surface area contributed by atoms with Gasteiger partial charge >= 0.3 is 0 Å². The predicted molar refractivity (Wildman–Crippen MR) is 96.3 cm³/mol. The fourth-order valence-corrected chi connectivity index (χ4v) is 3.64. The van der Waals surface area contributed by atoms with E-state index in [-0.39, 0.29) is 12.0 Å². The highest BCUT2D eigenvalue weighted by molar-refractivity contribution is 7.99. The van der Waals surface area contributed by atoms with Crippen LogP contribution in [-0.4, -0.2) is 46.5 Å². The predicted octanol–water partition coefficient (Wildman–Crippen LogP) is 4.01. The van der Waals surface area contributed by atoms with Crippen molar-refractivity contribution in [1.82, 2.24) is 9.88 Å². The number of nitrogens with zero attached hydrogens (tertiary/aromatic N) is 2. The number of unbranched alkanes of at least 4 members (excludes halogenated alkanes) is 2. The number of carbonyl (C=O) groups excluding carboxylic acids is 1. The van der Waals surface area contributed by atoms with E-state index in [0.717, 1.165) is 56.7 Å². The summed E-state index contributed by atoms with van der Waals surface area (Å²) in [6.45, 7) is 5.95. The zero-order valence-electron chi connectivity index (χ0n) is 14.3. The van der Waals surface area contributed by atoms with E-state index >= 15 is 0 Å². The van der Waals surface area contributed by atoms with Crippen LogP contribution in [0.5, 0.6) is 5.88 Å². The molecule has 128 valence electrons. The Balaban J connectivity index is 1.95. The summed E-state index contributed by atoms with van der Waals surface area (Å²) in [4.78, 5) is 18.9. The fraction of sp³-hybridized carbons (Fsp3) is 0.667. The third-order valence-electron chi connectivity index (χ3n) is 4.01. The molecule has 0 aliphatic carbocycles. The first-order valence-corrected chi connectivity index (χ1v) is 9.89. The molecule has 1 atom stereocenters. The van der Waals surface area contributed by atoms with Crippen molar-refractivity contribution in [3.63, 3.8) is 0 Å². The minimum atomic E-state index is 0.0855. The van der Waals surface area contributed by atoms with Gasteiger partial charge in [0.05, 0.1) is 5.56 Å². The highest BCUT2D eigenvalue weighted by atomic mass is 32.2. The Morgan fingerprint density at radius 1 is 1.30 bits per heavy atom. The second-order valence-electron chi connectivity index (χ2n) is 5.99. The van der Waals surface area contributed by atoms with E-state index in [4.69, 9.17) is 4.74 Å². The Hall–Kier alpha value is -1.23. The summed E-state index contributed by atoms with van der Waals surface area (Å²) in [5.74, 6) is 2.90. The van der Waals surface area contributed by atoms with Gasteiger partial charge in [-0.1, -0.05) is 26.7 Å². The van der Waals surface area contributed by atoms with Crippen LogP contribution in [0.3, 0.4) is 0 Å². The standard InChI is InChI=1S/C18H28N2O2S/c1-3-5-10-20(11-6-4-2)18(21)15-7-8-17(19-13-15)22-16-9-12-23-14-16/h7-8,13,16H,3-6,9-12,14H2,1-2H3. The van der Waals surface area contributed by atoms with Crippen LogP contribution in [0, 0.1) is 0 Å². The topological polar surface area (TPSA) is 42.4 Å². The van der Waals surface area contributed by atoms with Crippen LogP contribution in [-0.2, 0) is 0 Å². The summed E-state index contributed by atoms with van der Waals surface area (Å²) in [6, 6.07) is 3.67. The first kappa shape index (κ1) is 18.1. The number of pyridine rings is 1. The van der Waals surface area contributed by atoms with E-state index in [1.54, 1.807) is 6.20 Å². The van der Waals surface area contributed by atoms with Crippen molar-refractivity contribution < 1.29 is 9.53 Å². The largest absolute Gasteiger partial charge is 0.473 e. The molecule has 1 aromatic rings. The van der Waals surface area contributed by atoms with Gasteiger partial charge in [0.1, 0.15) is 6.10 Å². The van der Waals surface area contributed by atoms with Gasteiger partial charge in [-0.25, -0.2) is 4.98 Å². The Bertz CT molecular complexity index is 464. The smallest absolute Gasteiger partial charge is 0.255 e. The van der Waals surface area contributed by atoms with Gasteiger partial charge < -0.3 is 9.64 Å². The molecule has 0 bridgehead atoms. The monoisotopic (exact) mass is 336 g/mol. The summed E-state index contributed by atoms with van der Waals surface area (Å²) in [7, 11) is 0. The molecule has 1 fully saturated rings. The normalized spacial score (nSPS) is 17.2. The van der Waals surface area contributed by atoms with Crippen molar-refractivity contribution >= 4 is 17.7 Å². The van der Waals surface area contributed by atoms with Gasteiger partial charge in [0, 0.05) is 31.1 Å². The van der Waals surface area contributed by atoms with Crippen LogP contribution in [0.25, 0.3) is 0 Å². The maximum absolute atomic E-state index is 12.7. The Morgan fingerprint density at radius 3 is 2.57 bits per heavy atom. The molecule has 1 aliphatic heterocycles. The van der Waals surface area contributed by atoms with Gasteiger partial charge in [-0.3, -0.25) is 4.79 Å². The summed E-state index contributed by atoms with van der Waals surface area (Å²) in [5.41, 5.74) is 0.658. The molecule has 0 radical (unpaired) electrons. The lowest BCUT2D eigenvalue weighted by Crippen LogP contribution is -2.33. The molecule has 5 heteroatoms. The first-order chi connectivity index (χ1) is 11.2. The first-order valence-electron chi connectivity index (χ1n) is 8.74. The van der Waals surface area contributed by atoms with Gasteiger partial charge in [-0.15, -0.1) is 0 Å². The highest BCUT2D eigenvalue weighted by Gasteiger charge is 2.19. The molecule has 1 aliphatic rings. The molecule has 1 amide bonds. The van der Waals surface area contributed by atoms with Crippen molar-refractivity contribution in [2.45, 2.75) is 52.1 Å². The van der Waals surface area contributed by atoms with Crippen LogP contribution in [0.15, 0.2) is 18.3 Å². The SMILES string of the molecule is CCCCN(CCCC)C(=O)c1ccc(OC2CCSC2)nc1. The fourth-order valence-electron chi connectivity index (χ4n) is 2.55. The third kappa shape index (κ3) is 5.72. The molecule has 1 saturated heterocycles. The second-order valence-corrected chi connectivity index (χ2v) is 7.14. The van der Waals surface area contributed by atoms with Gasteiger partial charge in [0.15, 0.2) is 0 Å². The summed E-state index contributed by atoms with van der Waals surface area (Å²) in [5, 5.41) is 0. The Kier molecular flexibility index (Phi) is 7.72. The second kappa shape index (κ2) is 9.81. The quantitative estimate of drug-likeness (QED) is 0.683. The molecule has 0 spiro atoms. The van der Waals surface area contributed by atoms with Crippen LogP contribution in [0.2, 0.25) is 0 Å². The van der Waals surface area contributed by atoms with Crippen LogP contribution >= 0.6 is 11.8 Å². The van der Waals surface area contributed by atoms with Crippen molar-refractivity contribution in [2.24, 2.45) is 0 Å². The van der Waals surface area contributed by atoms with E-state index in [2.05, 4.69) is 18.8 Å². The average Bonchev–Trinajstić information content (AvgIpc) is 3.08. The molecule has 1 unspecified atom stereocenters. The summed E-state index contributed by atoms with van der Waals surface area (Å²) >= 11 is 1.91. The van der Waals surface area contributed by atoms with Crippen LogP contribution in [0.1, 0.15) is 56.3 Å². The molecule has 0 aromatic carbocycles. The molecule has 23 heavy (non-hydrogen) atoms. The van der Waals surface area contributed by atoms with Gasteiger partial charge in [0.2, 0.25) is 5.88 Å². The third-order valence-corrected chi connectivity index (χ3v) is 5.14. The van der Waals surface area contributed by atoms with Gasteiger partial charge in [0.25, 0.3) is 5.91 Å². The number of thioether (sulfide) groups is 1. The number of amides is 1. The van der Waals surface area contributed by atoms with E-state index in [9.17, 15) is 4.79 Å². The van der Waals surface area contributed by atoms with Crippen molar-refractivity contribution in [1.29, 1.82) is 0 Å². The molecular weight excluding hydrogens is 308 g/mol. The number of aromatic nitrogens is 1. The number of hydrogen-bond donors (Lipinski definition) is 0. The average molecular weight is 337 g/mol. The van der Waals surface area contributed by atoms with Crippen molar-refractivity contribution in [2.75, 3.05) is 24.6 Å². The summed E-state index contributed by atoms with van der Waals surface area (Å²) in [6.07, 6.45) is 7.28. The Labute approximate surface area is 144 Å². The minimum Gasteiger partial charge on any atom is -0.473 e. The lowest BCUT2D eigenvalue weighted by Gasteiger charge is -2.22. The molecule has 2 heterocycles.